The van der Waals surface area contributed by atoms with Gasteiger partial charge < -0.3 is 9.52 Å². The van der Waals surface area contributed by atoms with Crippen molar-refractivity contribution in [2.75, 3.05) is 5.75 Å². The van der Waals surface area contributed by atoms with E-state index in [2.05, 4.69) is 0 Å². The number of amides is 1. The zero-order chi connectivity index (χ0) is 14.3. The molecular formula is C13H11NO4S2. The molecule has 2 aliphatic heterocycles. The SMILES string of the molecule is CCSC1=C(C(=O)O)N2C(=O)/C(=C/c3ccco3)[C@H]2S1. The summed E-state index contributed by atoms with van der Waals surface area (Å²) >= 11 is 2.86. The second-order valence-corrected chi connectivity index (χ2v) is 6.76. The lowest BCUT2D eigenvalue weighted by molar-refractivity contribution is -0.141. The zero-order valence-electron chi connectivity index (χ0n) is 10.5. The maximum atomic E-state index is 12.1. The monoisotopic (exact) mass is 309 g/mol. The fourth-order valence-corrected chi connectivity index (χ4v) is 4.68. The first-order valence-corrected chi connectivity index (χ1v) is 7.85. The normalized spacial score (nSPS) is 23.2. The molecule has 7 heteroatoms. The summed E-state index contributed by atoms with van der Waals surface area (Å²) < 4.78 is 5.89. The number of furan rings is 1. The van der Waals surface area contributed by atoms with Crippen molar-refractivity contribution in [3.63, 3.8) is 0 Å². The molecular weight excluding hydrogens is 298 g/mol. The number of carbonyl (C=O) groups excluding carboxylic acids is 1. The molecule has 1 saturated heterocycles. The Morgan fingerprint density at radius 3 is 3.05 bits per heavy atom. The van der Waals surface area contributed by atoms with Crippen LogP contribution < -0.4 is 0 Å². The molecule has 3 heterocycles. The van der Waals surface area contributed by atoms with Crippen LogP contribution in [0.3, 0.4) is 0 Å². The van der Waals surface area contributed by atoms with Crippen LogP contribution in [0.15, 0.2) is 38.3 Å². The number of nitrogens with zero attached hydrogens (tertiary/aromatic N) is 1. The molecule has 0 spiro atoms. The molecule has 0 aliphatic carbocycles. The summed E-state index contributed by atoms with van der Waals surface area (Å²) in [7, 11) is 0. The number of hydrogen-bond acceptors (Lipinski definition) is 5. The van der Waals surface area contributed by atoms with E-state index in [1.165, 1.54) is 34.7 Å². The summed E-state index contributed by atoms with van der Waals surface area (Å²) in [5, 5.41) is 9.03. The topological polar surface area (TPSA) is 70.8 Å². The summed E-state index contributed by atoms with van der Waals surface area (Å²) in [5.41, 5.74) is 0.684. The Morgan fingerprint density at radius 1 is 1.65 bits per heavy atom. The van der Waals surface area contributed by atoms with Gasteiger partial charge in [-0.05, 0) is 24.0 Å². The van der Waals surface area contributed by atoms with E-state index in [9.17, 15) is 14.7 Å². The first-order chi connectivity index (χ1) is 9.63. The van der Waals surface area contributed by atoms with E-state index in [0.29, 0.717) is 15.6 Å². The van der Waals surface area contributed by atoms with Crippen LogP contribution in [0.1, 0.15) is 12.7 Å². The molecule has 0 aromatic carbocycles. The van der Waals surface area contributed by atoms with E-state index in [1.54, 1.807) is 18.2 Å². The van der Waals surface area contributed by atoms with Gasteiger partial charge in [-0.1, -0.05) is 18.7 Å². The minimum absolute atomic E-state index is 0.105. The Hall–Kier alpha value is -1.60. The van der Waals surface area contributed by atoms with Gasteiger partial charge in [0.15, 0.2) is 5.70 Å². The van der Waals surface area contributed by atoms with Crippen LogP contribution in [0.5, 0.6) is 0 Å². The van der Waals surface area contributed by atoms with Crippen LogP contribution in [0.4, 0.5) is 0 Å². The van der Waals surface area contributed by atoms with Gasteiger partial charge in [0.25, 0.3) is 5.91 Å². The van der Waals surface area contributed by atoms with Gasteiger partial charge in [-0.25, -0.2) is 4.79 Å². The molecule has 104 valence electrons. The lowest BCUT2D eigenvalue weighted by Gasteiger charge is -2.36. The van der Waals surface area contributed by atoms with Crippen molar-refractivity contribution in [1.29, 1.82) is 0 Å². The number of β-lactam (4-membered cyclic amide) rings is 1. The third-order valence-corrected chi connectivity index (χ3v) is 5.42. The lowest BCUT2D eigenvalue weighted by atomic mass is 10.0. The highest BCUT2D eigenvalue weighted by Gasteiger charge is 2.52. The van der Waals surface area contributed by atoms with Crippen molar-refractivity contribution in [3.8, 4) is 0 Å². The van der Waals surface area contributed by atoms with Crippen molar-refractivity contribution in [2.24, 2.45) is 0 Å². The average molecular weight is 309 g/mol. The first kappa shape index (κ1) is 13.4. The van der Waals surface area contributed by atoms with Gasteiger partial charge in [-0.15, -0.1) is 11.8 Å². The maximum Gasteiger partial charge on any atom is 0.354 e. The van der Waals surface area contributed by atoms with Gasteiger partial charge >= 0.3 is 5.97 Å². The Kier molecular flexibility index (Phi) is 3.39. The molecule has 1 fully saturated rings. The smallest absolute Gasteiger partial charge is 0.354 e. The zero-order valence-corrected chi connectivity index (χ0v) is 12.2. The molecule has 1 N–H and O–H groups in total. The highest BCUT2D eigenvalue weighted by Crippen LogP contribution is 2.52. The van der Waals surface area contributed by atoms with Gasteiger partial charge in [0.2, 0.25) is 0 Å². The molecule has 3 rings (SSSR count). The summed E-state index contributed by atoms with van der Waals surface area (Å²) in [5.74, 6) is 0.0527. The van der Waals surface area contributed by atoms with E-state index >= 15 is 0 Å². The van der Waals surface area contributed by atoms with Crippen LogP contribution in [-0.2, 0) is 9.59 Å². The third kappa shape index (κ3) is 1.97. The number of rotatable bonds is 4. The van der Waals surface area contributed by atoms with Crippen LogP contribution in [0, 0.1) is 0 Å². The molecule has 2 aliphatic rings. The summed E-state index contributed by atoms with van der Waals surface area (Å²) in [6.07, 6.45) is 3.21. The van der Waals surface area contributed by atoms with Crippen LogP contribution in [0.2, 0.25) is 0 Å². The second kappa shape index (κ2) is 5.06. The largest absolute Gasteiger partial charge is 0.477 e. The maximum absolute atomic E-state index is 12.1. The van der Waals surface area contributed by atoms with Crippen molar-refractivity contribution in [3.05, 3.63) is 39.7 Å². The van der Waals surface area contributed by atoms with Crippen LogP contribution in [0.25, 0.3) is 6.08 Å². The quantitative estimate of drug-likeness (QED) is 0.681. The molecule has 20 heavy (non-hydrogen) atoms. The van der Waals surface area contributed by atoms with Crippen molar-refractivity contribution in [2.45, 2.75) is 12.3 Å². The Balaban J connectivity index is 1.90. The number of thioether (sulfide) groups is 2. The molecule has 0 radical (unpaired) electrons. The molecule has 1 aromatic rings. The van der Waals surface area contributed by atoms with Gasteiger partial charge in [-0.3, -0.25) is 9.69 Å². The molecule has 0 unspecified atom stereocenters. The third-order valence-electron chi connectivity index (χ3n) is 2.94. The highest BCUT2D eigenvalue weighted by atomic mass is 32.2. The summed E-state index contributed by atoms with van der Waals surface area (Å²) in [6.45, 7) is 1.95. The van der Waals surface area contributed by atoms with Crippen LogP contribution >= 0.6 is 23.5 Å². The number of carbonyl (C=O) groups is 2. The van der Waals surface area contributed by atoms with Crippen LogP contribution in [-0.4, -0.2) is 33.0 Å². The number of hydrogen-bond donors (Lipinski definition) is 1. The average Bonchev–Trinajstić information content (AvgIpc) is 3.02. The molecule has 1 aromatic heterocycles. The fraction of sp³-hybridized carbons (Fsp3) is 0.231. The Bertz CT molecular complexity index is 633. The number of aliphatic carboxylic acids is 1. The molecule has 1 atom stereocenters. The second-order valence-electron chi connectivity index (χ2n) is 4.13. The highest BCUT2D eigenvalue weighted by molar-refractivity contribution is 8.22. The first-order valence-electron chi connectivity index (χ1n) is 5.99. The van der Waals surface area contributed by atoms with Gasteiger partial charge in [0, 0.05) is 0 Å². The molecule has 1 amide bonds. The Morgan fingerprint density at radius 2 is 2.45 bits per heavy atom. The number of carboxylic acids is 1. The van der Waals surface area contributed by atoms with Gasteiger partial charge in [0.1, 0.15) is 11.1 Å². The van der Waals surface area contributed by atoms with E-state index in [-0.39, 0.29) is 17.0 Å². The van der Waals surface area contributed by atoms with E-state index in [0.717, 1.165) is 5.75 Å². The number of fused-ring (bicyclic) bond motifs is 1. The minimum atomic E-state index is -1.05. The fourth-order valence-electron chi connectivity index (χ4n) is 2.10. The standard InChI is InChI=1S/C13H11NO4S2/c1-2-19-13-9(12(16)17)14-10(15)8(11(14)20-13)6-7-4-3-5-18-7/h3-6,11H,2H2,1H3,(H,16,17)/b8-6-/t11-/m1/s1. The Labute approximate surface area is 123 Å². The summed E-state index contributed by atoms with van der Waals surface area (Å²) in [4.78, 5) is 24.8. The van der Waals surface area contributed by atoms with E-state index in [1.807, 2.05) is 6.92 Å². The van der Waals surface area contributed by atoms with E-state index in [4.69, 9.17) is 4.42 Å². The predicted octanol–water partition coefficient (Wildman–Crippen LogP) is 2.58. The van der Waals surface area contributed by atoms with Gasteiger partial charge in [0.05, 0.1) is 16.1 Å². The van der Waals surface area contributed by atoms with E-state index < -0.39 is 5.97 Å². The molecule has 0 saturated carbocycles. The summed E-state index contributed by atoms with van der Waals surface area (Å²) in [6, 6.07) is 3.50. The minimum Gasteiger partial charge on any atom is -0.477 e. The molecule has 0 bridgehead atoms. The lowest BCUT2D eigenvalue weighted by Crippen LogP contribution is -2.51. The van der Waals surface area contributed by atoms with Gasteiger partial charge in [-0.2, -0.15) is 0 Å². The number of carboxylic acid groups (broad SMARTS) is 1. The van der Waals surface area contributed by atoms with Crippen molar-refractivity contribution < 1.29 is 19.1 Å². The predicted molar refractivity (Wildman–Crippen MR) is 77.7 cm³/mol. The van der Waals surface area contributed by atoms with Crippen molar-refractivity contribution >= 4 is 41.5 Å². The molecule has 5 nitrogen and oxygen atoms in total. The van der Waals surface area contributed by atoms with Crippen molar-refractivity contribution in [1.82, 2.24) is 4.90 Å².